The van der Waals surface area contributed by atoms with Gasteiger partial charge in [-0.15, -0.1) is 0 Å². The molecule has 2 aliphatic heterocycles. The van der Waals surface area contributed by atoms with Gasteiger partial charge in [0, 0.05) is 51.6 Å². The highest BCUT2D eigenvalue weighted by atomic mass is 32.2. The van der Waals surface area contributed by atoms with E-state index in [2.05, 4.69) is 4.98 Å². The Kier molecular flexibility index (Phi) is 5.37. The van der Waals surface area contributed by atoms with Crippen molar-refractivity contribution in [3.8, 4) is 0 Å². The van der Waals surface area contributed by atoms with E-state index in [9.17, 15) is 13.2 Å². The molecule has 3 rings (SSSR count). The van der Waals surface area contributed by atoms with Crippen molar-refractivity contribution in [1.29, 1.82) is 0 Å². The molecule has 8 heteroatoms. The number of rotatable bonds is 4. The van der Waals surface area contributed by atoms with Gasteiger partial charge in [-0.25, -0.2) is 12.7 Å². The lowest BCUT2D eigenvalue weighted by atomic mass is 9.71. The average molecular weight is 381 g/mol. The summed E-state index contributed by atoms with van der Waals surface area (Å²) in [5, 5.41) is 0. The van der Waals surface area contributed by atoms with E-state index in [4.69, 9.17) is 4.74 Å². The predicted molar refractivity (Wildman–Crippen MR) is 98.3 cm³/mol. The molecule has 0 unspecified atom stereocenters. The zero-order chi connectivity index (χ0) is 18.9. The Morgan fingerprint density at radius 3 is 2.62 bits per heavy atom. The molecule has 144 valence electrons. The highest BCUT2D eigenvalue weighted by Crippen LogP contribution is 2.45. The number of pyridine rings is 1. The average Bonchev–Trinajstić information content (AvgIpc) is 2.94. The third-order valence-electron chi connectivity index (χ3n) is 5.79. The Morgan fingerprint density at radius 1 is 1.35 bits per heavy atom. The van der Waals surface area contributed by atoms with E-state index in [1.807, 2.05) is 17.9 Å². The Hall–Kier alpha value is -1.51. The minimum atomic E-state index is -3.22. The van der Waals surface area contributed by atoms with E-state index in [0.29, 0.717) is 38.3 Å². The summed E-state index contributed by atoms with van der Waals surface area (Å²) in [4.78, 5) is 18.7. The van der Waals surface area contributed by atoms with E-state index in [0.717, 1.165) is 18.4 Å². The Morgan fingerprint density at radius 2 is 2.04 bits per heavy atom. The lowest BCUT2D eigenvalue weighted by Gasteiger charge is -2.42. The first-order chi connectivity index (χ1) is 12.2. The second-order valence-corrected chi connectivity index (χ2v) is 9.60. The van der Waals surface area contributed by atoms with Crippen molar-refractivity contribution in [2.24, 2.45) is 11.3 Å². The summed E-state index contributed by atoms with van der Waals surface area (Å²) in [6.45, 7) is 4.75. The fraction of sp³-hybridized carbons (Fsp3) is 0.667. The Balaban J connectivity index is 1.72. The molecule has 0 saturated carbocycles. The van der Waals surface area contributed by atoms with Crippen LogP contribution in [0.4, 0.5) is 0 Å². The molecule has 1 aromatic heterocycles. The van der Waals surface area contributed by atoms with Crippen molar-refractivity contribution in [1.82, 2.24) is 14.2 Å². The van der Waals surface area contributed by atoms with Crippen LogP contribution in [0, 0.1) is 18.3 Å². The van der Waals surface area contributed by atoms with Crippen LogP contribution in [-0.2, 0) is 14.8 Å². The van der Waals surface area contributed by atoms with Crippen molar-refractivity contribution in [2.45, 2.75) is 19.8 Å². The number of ether oxygens (including phenoxy) is 1. The standard InChI is InChI=1S/C18H27N3O4S/c1-14-8-15(10-19-9-14)17(22)20-6-4-18(5-7-20)13-21(26(3,23)24)11-16(18)12-25-2/h8-10,16H,4-7,11-13H2,1-3H3/t16-/m0/s1. The maximum Gasteiger partial charge on any atom is 0.255 e. The van der Waals surface area contributed by atoms with Gasteiger partial charge in [-0.05, 0) is 36.8 Å². The quantitative estimate of drug-likeness (QED) is 0.782. The molecule has 2 saturated heterocycles. The highest BCUT2D eigenvalue weighted by Gasteiger charge is 2.50. The van der Waals surface area contributed by atoms with Crippen molar-refractivity contribution < 1.29 is 17.9 Å². The molecule has 3 heterocycles. The summed E-state index contributed by atoms with van der Waals surface area (Å²) in [6.07, 6.45) is 6.18. The molecule has 7 nitrogen and oxygen atoms in total. The summed E-state index contributed by atoms with van der Waals surface area (Å²) in [6, 6.07) is 1.86. The number of carbonyl (C=O) groups excluding carboxylic acids is 1. The van der Waals surface area contributed by atoms with Crippen molar-refractivity contribution >= 4 is 15.9 Å². The maximum absolute atomic E-state index is 12.7. The third-order valence-corrected chi connectivity index (χ3v) is 7.00. The molecule has 2 fully saturated rings. The smallest absolute Gasteiger partial charge is 0.255 e. The molecule has 0 aromatic carbocycles. The maximum atomic E-state index is 12.7. The normalized spacial score (nSPS) is 23.5. The first-order valence-corrected chi connectivity index (χ1v) is 10.7. The lowest BCUT2D eigenvalue weighted by Crippen LogP contribution is -2.47. The topological polar surface area (TPSA) is 79.8 Å². The number of methoxy groups -OCH3 is 1. The van der Waals surface area contributed by atoms with E-state index >= 15 is 0 Å². The summed E-state index contributed by atoms with van der Waals surface area (Å²) in [5.74, 6) is 0.164. The van der Waals surface area contributed by atoms with Gasteiger partial charge in [0.2, 0.25) is 10.0 Å². The first kappa shape index (κ1) is 19.3. The van der Waals surface area contributed by atoms with Crippen molar-refractivity contribution in [3.63, 3.8) is 0 Å². The molecule has 0 bridgehead atoms. The Labute approximate surface area is 155 Å². The largest absolute Gasteiger partial charge is 0.384 e. The minimum absolute atomic E-state index is 0.00249. The van der Waals surface area contributed by atoms with Crippen LogP contribution in [-0.4, -0.2) is 74.7 Å². The second-order valence-electron chi connectivity index (χ2n) is 7.61. The number of likely N-dealkylation sites (tertiary alicyclic amines) is 1. The van der Waals surface area contributed by atoms with E-state index < -0.39 is 10.0 Å². The molecule has 0 aliphatic carbocycles. The van der Waals surface area contributed by atoms with Gasteiger partial charge in [0.05, 0.1) is 18.4 Å². The Bertz CT molecular complexity index is 772. The van der Waals surface area contributed by atoms with Crippen LogP contribution < -0.4 is 0 Å². The zero-order valence-corrected chi connectivity index (χ0v) is 16.5. The van der Waals surface area contributed by atoms with E-state index in [1.54, 1.807) is 23.8 Å². The van der Waals surface area contributed by atoms with Gasteiger partial charge >= 0.3 is 0 Å². The highest BCUT2D eigenvalue weighted by molar-refractivity contribution is 7.88. The van der Waals surface area contributed by atoms with Crippen LogP contribution in [0.2, 0.25) is 0 Å². The zero-order valence-electron chi connectivity index (χ0n) is 15.6. The second kappa shape index (κ2) is 7.25. The molecule has 1 atom stereocenters. The molecule has 0 N–H and O–H groups in total. The number of carbonyl (C=O) groups is 1. The number of hydrogen-bond acceptors (Lipinski definition) is 5. The number of piperidine rings is 1. The molecule has 1 aromatic rings. The van der Waals surface area contributed by atoms with Gasteiger partial charge in [0.15, 0.2) is 0 Å². The van der Waals surface area contributed by atoms with Gasteiger partial charge in [-0.2, -0.15) is 0 Å². The predicted octanol–water partition coefficient (Wildman–Crippen LogP) is 1.15. The number of aryl methyl sites for hydroxylation is 1. The molecule has 2 aliphatic rings. The third kappa shape index (κ3) is 3.77. The van der Waals surface area contributed by atoms with Gasteiger partial charge in [-0.1, -0.05) is 0 Å². The summed E-state index contributed by atoms with van der Waals surface area (Å²) in [5.41, 5.74) is 1.46. The van der Waals surface area contributed by atoms with Gasteiger partial charge in [0.25, 0.3) is 5.91 Å². The number of sulfonamides is 1. The summed E-state index contributed by atoms with van der Waals surface area (Å²) >= 11 is 0. The van der Waals surface area contributed by atoms with E-state index in [1.165, 1.54) is 6.26 Å². The fourth-order valence-electron chi connectivity index (χ4n) is 4.24. The monoisotopic (exact) mass is 381 g/mol. The fourth-order valence-corrected chi connectivity index (χ4v) is 5.19. The van der Waals surface area contributed by atoms with Crippen LogP contribution in [0.1, 0.15) is 28.8 Å². The molecular weight excluding hydrogens is 354 g/mol. The molecule has 1 amide bonds. The van der Waals surface area contributed by atoms with Crippen molar-refractivity contribution in [2.75, 3.05) is 46.2 Å². The van der Waals surface area contributed by atoms with Crippen LogP contribution in [0.5, 0.6) is 0 Å². The van der Waals surface area contributed by atoms with Gasteiger partial charge in [0.1, 0.15) is 0 Å². The lowest BCUT2D eigenvalue weighted by molar-refractivity contribution is 0.0327. The number of nitrogens with zero attached hydrogens (tertiary/aromatic N) is 3. The molecule has 1 spiro atoms. The van der Waals surface area contributed by atoms with Gasteiger partial charge in [-0.3, -0.25) is 9.78 Å². The number of hydrogen-bond donors (Lipinski definition) is 0. The van der Waals surface area contributed by atoms with E-state index in [-0.39, 0.29) is 17.2 Å². The van der Waals surface area contributed by atoms with Crippen LogP contribution in [0.15, 0.2) is 18.5 Å². The van der Waals surface area contributed by atoms with Crippen LogP contribution >= 0.6 is 0 Å². The van der Waals surface area contributed by atoms with Crippen molar-refractivity contribution in [3.05, 3.63) is 29.6 Å². The van der Waals surface area contributed by atoms with Crippen LogP contribution in [0.25, 0.3) is 0 Å². The summed E-state index contributed by atoms with van der Waals surface area (Å²) < 4.78 is 31.0. The molecule has 26 heavy (non-hydrogen) atoms. The molecular formula is C18H27N3O4S. The summed E-state index contributed by atoms with van der Waals surface area (Å²) in [7, 11) is -1.56. The van der Waals surface area contributed by atoms with Gasteiger partial charge < -0.3 is 9.64 Å². The number of aromatic nitrogens is 1. The SMILES string of the molecule is COC[C@@H]1CN(S(C)(=O)=O)CC12CCN(C(=O)c1cncc(C)c1)CC2. The first-order valence-electron chi connectivity index (χ1n) is 8.90. The molecule has 0 radical (unpaired) electrons. The van der Waals surface area contributed by atoms with Crippen LogP contribution in [0.3, 0.4) is 0 Å². The number of amides is 1. The minimum Gasteiger partial charge on any atom is -0.384 e.